The van der Waals surface area contributed by atoms with Crippen LogP contribution in [-0.2, 0) is 9.53 Å². The summed E-state index contributed by atoms with van der Waals surface area (Å²) in [5, 5.41) is 0. The Bertz CT molecular complexity index is 320. The molecule has 1 fully saturated rings. The van der Waals surface area contributed by atoms with Crippen LogP contribution in [0, 0.1) is 5.92 Å². The van der Waals surface area contributed by atoms with Gasteiger partial charge < -0.3 is 4.74 Å². The first kappa shape index (κ1) is 19.3. The summed E-state index contributed by atoms with van der Waals surface area (Å²) in [7, 11) is 0. The number of ether oxygens (including phenoxy) is 1. The summed E-state index contributed by atoms with van der Waals surface area (Å²) in [4.78, 5) is 11.6. The van der Waals surface area contributed by atoms with Gasteiger partial charge in [0.25, 0.3) is 0 Å². The van der Waals surface area contributed by atoms with Crippen LogP contribution in [0.15, 0.2) is 11.8 Å². The van der Waals surface area contributed by atoms with Crippen molar-refractivity contribution >= 4 is 5.97 Å². The van der Waals surface area contributed by atoms with Gasteiger partial charge in [0, 0.05) is 0 Å². The highest BCUT2D eigenvalue weighted by Crippen LogP contribution is 2.32. The van der Waals surface area contributed by atoms with Crippen LogP contribution in [0.4, 0.5) is 0 Å². The van der Waals surface area contributed by atoms with E-state index in [0.29, 0.717) is 0 Å². The van der Waals surface area contributed by atoms with Crippen LogP contribution in [0.5, 0.6) is 0 Å². The van der Waals surface area contributed by atoms with Crippen molar-refractivity contribution in [2.24, 2.45) is 5.92 Å². The van der Waals surface area contributed by atoms with Gasteiger partial charge in [-0.25, -0.2) is 0 Å². The van der Waals surface area contributed by atoms with E-state index >= 15 is 0 Å². The SMILES string of the molecule is CCCCCCCC/C=C1/OC(=O)C1CCCCCCCC. The van der Waals surface area contributed by atoms with Crippen molar-refractivity contribution in [3.8, 4) is 0 Å². The Balaban J connectivity index is 2.05. The van der Waals surface area contributed by atoms with Crippen LogP contribution in [0.25, 0.3) is 0 Å². The van der Waals surface area contributed by atoms with E-state index < -0.39 is 0 Å². The molecule has 1 saturated heterocycles. The van der Waals surface area contributed by atoms with E-state index in [1.807, 2.05) is 0 Å². The molecule has 0 aliphatic carbocycles. The van der Waals surface area contributed by atoms with Crippen LogP contribution in [0.3, 0.4) is 0 Å². The molecule has 1 atom stereocenters. The van der Waals surface area contributed by atoms with E-state index in [0.717, 1.165) is 25.0 Å². The number of unbranched alkanes of at least 4 members (excludes halogenated alkanes) is 11. The lowest BCUT2D eigenvalue weighted by Gasteiger charge is -2.28. The van der Waals surface area contributed by atoms with E-state index in [-0.39, 0.29) is 11.9 Å². The van der Waals surface area contributed by atoms with Crippen molar-refractivity contribution in [2.75, 3.05) is 0 Å². The molecule has 0 N–H and O–H groups in total. The van der Waals surface area contributed by atoms with Crippen molar-refractivity contribution in [1.82, 2.24) is 0 Å². The molecule has 0 aromatic heterocycles. The minimum absolute atomic E-state index is 0.00255. The molecular weight excluding hydrogens is 272 g/mol. The summed E-state index contributed by atoms with van der Waals surface area (Å²) in [5.41, 5.74) is 0. The molecule has 0 radical (unpaired) electrons. The van der Waals surface area contributed by atoms with Gasteiger partial charge in [-0.2, -0.15) is 0 Å². The molecule has 1 aliphatic rings. The normalized spacial score (nSPS) is 19.3. The number of allylic oxidation sites excluding steroid dienone is 1. The molecule has 22 heavy (non-hydrogen) atoms. The molecule has 0 bridgehead atoms. The maximum Gasteiger partial charge on any atom is 0.321 e. The predicted molar refractivity (Wildman–Crippen MR) is 93.7 cm³/mol. The fourth-order valence-electron chi connectivity index (χ4n) is 3.06. The highest BCUT2D eigenvalue weighted by molar-refractivity contribution is 5.82. The van der Waals surface area contributed by atoms with Crippen molar-refractivity contribution < 1.29 is 9.53 Å². The summed E-state index contributed by atoms with van der Waals surface area (Å²) in [6, 6.07) is 0. The maximum absolute atomic E-state index is 11.6. The summed E-state index contributed by atoms with van der Waals surface area (Å²) >= 11 is 0. The first-order valence-electron chi connectivity index (χ1n) is 9.71. The molecule has 0 saturated carbocycles. The number of rotatable bonds is 14. The van der Waals surface area contributed by atoms with Crippen LogP contribution in [-0.4, -0.2) is 5.97 Å². The highest BCUT2D eigenvalue weighted by Gasteiger charge is 2.36. The van der Waals surface area contributed by atoms with Gasteiger partial charge in [-0.1, -0.05) is 84.5 Å². The second kappa shape index (κ2) is 12.7. The number of hydrogen-bond donors (Lipinski definition) is 0. The molecule has 1 heterocycles. The number of esters is 1. The largest absolute Gasteiger partial charge is 0.430 e. The van der Waals surface area contributed by atoms with Crippen LogP contribution in [0.1, 0.15) is 104 Å². The fraction of sp³-hybridized carbons (Fsp3) is 0.850. The Morgan fingerprint density at radius 3 is 1.95 bits per heavy atom. The second-order valence-corrected chi connectivity index (χ2v) is 6.69. The molecule has 128 valence electrons. The minimum atomic E-state index is 0.00255. The fourth-order valence-corrected chi connectivity index (χ4v) is 3.06. The lowest BCUT2D eigenvalue weighted by atomic mass is 9.93. The Hall–Kier alpha value is -0.790. The van der Waals surface area contributed by atoms with E-state index in [1.54, 1.807) is 0 Å². The van der Waals surface area contributed by atoms with E-state index in [1.165, 1.54) is 70.6 Å². The average molecular weight is 309 g/mol. The summed E-state index contributed by atoms with van der Waals surface area (Å²) in [6.45, 7) is 4.49. The monoisotopic (exact) mass is 308 g/mol. The van der Waals surface area contributed by atoms with Gasteiger partial charge >= 0.3 is 5.97 Å². The molecule has 0 aromatic carbocycles. The van der Waals surface area contributed by atoms with Crippen molar-refractivity contribution in [3.05, 3.63) is 11.8 Å². The van der Waals surface area contributed by atoms with Gasteiger partial charge in [-0.15, -0.1) is 0 Å². The van der Waals surface area contributed by atoms with Crippen LogP contribution in [0.2, 0.25) is 0 Å². The molecule has 0 spiro atoms. The molecule has 2 heteroatoms. The van der Waals surface area contributed by atoms with Crippen molar-refractivity contribution in [1.29, 1.82) is 0 Å². The number of hydrogen-bond acceptors (Lipinski definition) is 2. The predicted octanol–water partition coefficient (Wildman–Crippen LogP) is 6.54. The first-order chi connectivity index (χ1) is 10.8. The second-order valence-electron chi connectivity index (χ2n) is 6.69. The molecule has 1 unspecified atom stereocenters. The van der Waals surface area contributed by atoms with E-state index in [9.17, 15) is 4.79 Å². The molecule has 0 aromatic rings. The number of carbonyl (C=O) groups excluding carboxylic acids is 1. The van der Waals surface area contributed by atoms with Crippen LogP contribution < -0.4 is 0 Å². The zero-order valence-electron chi connectivity index (χ0n) is 14.9. The third-order valence-electron chi connectivity index (χ3n) is 4.60. The quantitative estimate of drug-likeness (QED) is 0.269. The highest BCUT2D eigenvalue weighted by atomic mass is 16.6. The molecule has 2 nitrogen and oxygen atoms in total. The molecular formula is C20H36O2. The standard InChI is InChI=1S/C20H36O2/c1-3-5-7-9-11-13-15-17-19-18(20(21)22-19)16-14-12-10-8-6-4-2/h17-18H,3-16H2,1-2H3/b19-17+. The van der Waals surface area contributed by atoms with Gasteiger partial charge in [-0.05, 0) is 25.3 Å². The summed E-state index contributed by atoms with van der Waals surface area (Å²) in [6.07, 6.45) is 19.9. The number of carbonyl (C=O) groups is 1. The lowest BCUT2D eigenvalue weighted by Crippen LogP contribution is -2.32. The van der Waals surface area contributed by atoms with Gasteiger partial charge in [0.2, 0.25) is 0 Å². The lowest BCUT2D eigenvalue weighted by molar-refractivity contribution is -0.157. The molecule has 1 rings (SSSR count). The third-order valence-corrected chi connectivity index (χ3v) is 4.60. The smallest absolute Gasteiger partial charge is 0.321 e. The van der Waals surface area contributed by atoms with Gasteiger partial charge in [-0.3, -0.25) is 4.79 Å². The van der Waals surface area contributed by atoms with Crippen molar-refractivity contribution in [3.63, 3.8) is 0 Å². The Labute approximate surface area is 137 Å². The molecule has 1 aliphatic heterocycles. The Morgan fingerprint density at radius 2 is 1.36 bits per heavy atom. The zero-order valence-corrected chi connectivity index (χ0v) is 14.9. The summed E-state index contributed by atoms with van der Waals surface area (Å²) < 4.78 is 5.21. The Morgan fingerprint density at radius 1 is 0.818 bits per heavy atom. The molecule has 0 amide bonds. The summed E-state index contributed by atoms with van der Waals surface area (Å²) in [5.74, 6) is 1.06. The van der Waals surface area contributed by atoms with Crippen molar-refractivity contribution in [2.45, 2.75) is 104 Å². The zero-order chi connectivity index (χ0) is 16.0. The minimum Gasteiger partial charge on any atom is -0.430 e. The number of cyclic esters (lactones) is 1. The van der Waals surface area contributed by atoms with E-state index in [4.69, 9.17) is 4.74 Å². The third kappa shape index (κ3) is 8.00. The first-order valence-corrected chi connectivity index (χ1v) is 9.71. The van der Waals surface area contributed by atoms with E-state index in [2.05, 4.69) is 19.9 Å². The van der Waals surface area contributed by atoms with Gasteiger partial charge in [0.05, 0.1) is 0 Å². The average Bonchev–Trinajstić information content (AvgIpc) is 2.52. The van der Waals surface area contributed by atoms with Gasteiger partial charge in [0.1, 0.15) is 11.7 Å². The Kier molecular flexibility index (Phi) is 11.1. The maximum atomic E-state index is 11.6. The topological polar surface area (TPSA) is 26.3 Å². The van der Waals surface area contributed by atoms with Gasteiger partial charge in [0.15, 0.2) is 0 Å². The van der Waals surface area contributed by atoms with Crippen LogP contribution >= 0.6 is 0 Å².